The quantitative estimate of drug-likeness (QED) is 0.873. The number of carbonyl (C=O) groups is 1. The highest BCUT2D eigenvalue weighted by Gasteiger charge is 2.27. The highest BCUT2D eigenvalue weighted by molar-refractivity contribution is 7.99. The van der Waals surface area contributed by atoms with Gasteiger partial charge in [-0.2, -0.15) is 0 Å². The summed E-state index contributed by atoms with van der Waals surface area (Å²) in [5.74, 6) is 0.558. The maximum atomic E-state index is 12.0. The third kappa shape index (κ3) is 2.61. The van der Waals surface area contributed by atoms with E-state index >= 15 is 0 Å². The predicted molar refractivity (Wildman–Crippen MR) is 78.4 cm³/mol. The molecular formula is C12H12N4O2S2. The molecule has 3 rings (SSSR count). The van der Waals surface area contributed by atoms with Gasteiger partial charge in [0, 0.05) is 35.5 Å². The van der Waals surface area contributed by atoms with Gasteiger partial charge in [-0.1, -0.05) is 11.8 Å². The Morgan fingerprint density at radius 1 is 1.60 bits per heavy atom. The third-order valence-electron chi connectivity index (χ3n) is 2.92. The fourth-order valence-electron chi connectivity index (χ4n) is 2.08. The molecule has 0 aromatic carbocycles. The van der Waals surface area contributed by atoms with Crippen molar-refractivity contribution in [3.63, 3.8) is 0 Å². The van der Waals surface area contributed by atoms with E-state index in [1.807, 2.05) is 0 Å². The summed E-state index contributed by atoms with van der Waals surface area (Å²) in [6.07, 6.45) is 1.89. The first kappa shape index (κ1) is 13.3. The van der Waals surface area contributed by atoms with Crippen molar-refractivity contribution in [1.82, 2.24) is 14.5 Å². The first-order valence-electron chi connectivity index (χ1n) is 6.06. The van der Waals surface area contributed by atoms with Crippen LogP contribution in [0.5, 0.6) is 0 Å². The van der Waals surface area contributed by atoms with Crippen molar-refractivity contribution in [2.75, 3.05) is 11.1 Å². The number of amides is 1. The molecule has 104 valence electrons. The third-order valence-corrected chi connectivity index (χ3v) is 4.70. The first-order chi connectivity index (χ1) is 9.63. The maximum absolute atomic E-state index is 12.0. The largest absolute Gasteiger partial charge is 0.302 e. The lowest BCUT2D eigenvalue weighted by molar-refractivity contribution is -0.116. The summed E-state index contributed by atoms with van der Waals surface area (Å²) in [5, 5.41) is 5.81. The van der Waals surface area contributed by atoms with Crippen molar-refractivity contribution in [2.45, 2.75) is 24.5 Å². The van der Waals surface area contributed by atoms with E-state index in [0.717, 1.165) is 0 Å². The molecular weight excluding hydrogens is 296 g/mol. The Kier molecular flexibility index (Phi) is 3.58. The lowest BCUT2D eigenvalue weighted by Crippen LogP contribution is -2.27. The molecule has 6 nitrogen and oxygen atoms in total. The van der Waals surface area contributed by atoms with Crippen molar-refractivity contribution in [3.8, 4) is 0 Å². The smallest absolute Gasteiger partial charge is 0.254 e. The van der Waals surface area contributed by atoms with Gasteiger partial charge in [-0.3, -0.25) is 14.2 Å². The van der Waals surface area contributed by atoms with Crippen LogP contribution in [0.3, 0.4) is 0 Å². The van der Waals surface area contributed by atoms with E-state index in [1.165, 1.54) is 29.2 Å². The monoisotopic (exact) mass is 308 g/mol. The number of nitrogens with zero attached hydrogens (tertiary/aromatic N) is 3. The second-order valence-corrected chi connectivity index (χ2v) is 6.32. The average molecular weight is 308 g/mol. The van der Waals surface area contributed by atoms with E-state index in [-0.39, 0.29) is 23.9 Å². The predicted octanol–water partition coefficient (Wildman–Crippen LogP) is 1.68. The van der Waals surface area contributed by atoms with Gasteiger partial charge in [0.1, 0.15) is 0 Å². The molecule has 2 aromatic rings. The van der Waals surface area contributed by atoms with Crippen LogP contribution >= 0.6 is 23.1 Å². The van der Waals surface area contributed by atoms with Crippen LogP contribution in [0.15, 0.2) is 27.6 Å². The van der Waals surface area contributed by atoms with E-state index < -0.39 is 0 Å². The van der Waals surface area contributed by atoms with E-state index in [9.17, 15) is 9.59 Å². The van der Waals surface area contributed by atoms with Gasteiger partial charge in [-0.15, -0.1) is 11.3 Å². The first-order valence-corrected chi connectivity index (χ1v) is 7.92. The van der Waals surface area contributed by atoms with Crippen molar-refractivity contribution < 1.29 is 4.79 Å². The SMILES string of the molecule is Cc1cc(=O)n2c(n1)SCC2CC(=O)Nc1nccs1. The average Bonchev–Trinajstić information content (AvgIpc) is 2.99. The summed E-state index contributed by atoms with van der Waals surface area (Å²) >= 11 is 2.88. The van der Waals surface area contributed by atoms with Crippen molar-refractivity contribution in [1.29, 1.82) is 0 Å². The fraction of sp³-hybridized carbons (Fsp3) is 0.333. The lowest BCUT2D eigenvalue weighted by Gasteiger charge is -2.12. The van der Waals surface area contributed by atoms with Gasteiger partial charge in [0.25, 0.3) is 5.56 Å². The Labute approximate surface area is 123 Å². The van der Waals surface area contributed by atoms with E-state index in [1.54, 1.807) is 23.1 Å². The molecule has 0 saturated heterocycles. The second kappa shape index (κ2) is 5.37. The Morgan fingerprint density at radius 3 is 3.20 bits per heavy atom. The Morgan fingerprint density at radius 2 is 2.45 bits per heavy atom. The Hall–Kier alpha value is -1.67. The number of anilines is 1. The lowest BCUT2D eigenvalue weighted by atomic mass is 10.2. The normalized spacial score (nSPS) is 16.9. The van der Waals surface area contributed by atoms with Crippen LogP contribution in [0.1, 0.15) is 18.2 Å². The molecule has 0 radical (unpaired) electrons. The fourth-order valence-corrected chi connectivity index (χ4v) is 3.82. The second-order valence-electron chi connectivity index (χ2n) is 4.44. The summed E-state index contributed by atoms with van der Waals surface area (Å²) in [6.45, 7) is 1.80. The van der Waals surface area contributed by atoms with Gasteiger partial charge < -0.3 is 5.32 Å². The summed E-state index contributed by atoms with van der Waals surface area (Å²) in [7, 11) is 0. The molecule has 1 atom stereocenters. The standard InChI is InChI=1S/C12H12N4O2S2/c1-7-4-10(18)16-8(6-20-12(16)14-7)5-9(17)15-11-13-2-3-19-11/h2-4,8H,5-6H2,1H3,(H,13,15,17). The van der Waals surface area contributed by atoms with Crippen LogP contribution in [-0.4, -0.2) is 26.2 Å². The molecule has 1 unspecified atom stereocenters. The summed E-state index contributed by atoms with van der Waals surface area (Å²) < 4.78 is 1.61. The van der Waals surface area contributed by atoms with Crippen LogP contribution in [0.2, 0.25) is 0 Å². The summed E-state index contributed by atoms with van der Waals surface area (Å²) in [5.41, 5.74) is 0.617. The molecule has 0 aliphatic carbocycles. The molecule has 3 heterocycles. The van der Waals surface area contributed by atoms with Crippen LogP contribution in [0.4, 0.5) is 5.13 Å². The van der Waals surface area contributed by atoms with E-state index in [4.69, 9.17) is 0 Å². The van der Waals surface area contributed by atoms with Crippen molar-refractivity contribution in [2.24, 2.45) is 0 Å². The molecule has 1 aliphatic heterocycles. The maximum Gasteiger partial charge on any atom is 0.254 e. The number of carbonyl (C=O) groups excluding carboxylic acids is 1. The zero-order valence-corrected chi connectivity index (χ0v) is 12.3. The molecule has 0 bridgehead atoms. The molecule has 1 aliphatic rings. The van der Waals surface area contributed by atoms with Crippen molar-refractivity contribution in [3.05, 3.63) is 33.7 Å². The number of thiazole rings is 1. The molecule has 1 N–H and O–H groups in total. The van der Waals surface area contributed by atoms with Gasteiger partial charge >= 0.3 is 0 Å². The minimum atomic E-state index is -0.143. The molecule has 8 heteroatoms. The van der Waals surface area contributed by atoms with Crippen LogP contribution in [0.25, 0.3) is 0 Å². The number of hydrogen-bond acceptors (Lipinski definition) is 6. The van der Waals surface area contributed by atoms with Gasteiger partial charge in [-0.05, 0) is 6.92 Å². The number of rotatable bonds is 3. The minimum Gasteiger partial charge on any atom is -0.302 e. The Balaban J connectivity index is 1.75. The Bertz CT molecular complexity index is 696. The highest BCUT2D eigenvalue weighted by Crippen LogP contribution is 2.32. The zero-order valence-electron chi connectivity index (χ0n) is 10.7. The van der Waals surface area contributed by atoms with Crippen LogP contribution < -0.4 is 10.9 Å². The summed E-state index contributed by atoms with van der Waals surface area (Å²) in [6, 6.07) is 1.36. The van der Waals surface area contributed by atoms with Gasteiger partial charge in [-0.25, -0.2) is 9.97 Å². The molecule has 20 heavy (non-hydrogen) atoms. The molecule has 0 saturated carbocycles. The number of nitrogens with one attached hydrogen (secondary N) is 1. The number of aromatic nitrogens is 3. The highest BCUT2D eigenvalue weighted by atomic mass is 32.2. The number of aryl methyl sites for hydroxylation is 1. The number of hydrogen-bond donors (Lipinski definition) is 1. The van der Waals surface area contributed by atoms with Crippen LogP contribution in [0, 0.1) is 6.92 Å². The van der Waals surface area contributed by atoms with E-state index in [2.05, 4.69) is 15.3 Å². The number of fused-ring (bicyclic) bond motifs is 1. The van der Waals surface area contributed by atoms with Gasteiger partial charge in [0.15, 0.2) is 10.3 Å². The summed E-state index contributed by atoms with van der Waals surface area (Å²) in [4.78, 5) is 32.3. The zero-order chi connectivity index (χ0) is 14.1. The van der Waals surface area contributed by atoms with Gasteiger partial charge in [0.05, 0.1) is 6.04 Å². The molecule has 1 amide bonds. The van der Waals surface area contributed by atoms with Crippen LogP contribution in [-0.2, 0) is 4.79 Å². The van der Waals surface area contributed by atoms with E-state index in [0.29, 0.717) is 21.7 Å². The molecule has 2 aromatic heterocycles. The van der Waals surface area contributed by atoms with Gasteiger partial charge in [0.2, 0.25) is 5.91 Å². The molecule has 0 fully saturated rings. The van der Waals surface area contributed by atoms with Crippen molar-refractivity contribution >= 4 is 34.1 Å². The number of thioether (sulfide) groups is 1. The topological polar surface area (TPSA) is 76.9 Å². The molecule has 0 spiro atoms. The minimum absolute atomic E-state index is 0.0930.